The van der Waals surface area contributed by atoms with Crippen molar-refractivity contribution in [2.45, 2.75) is 6.54 Å². The number of nitrogens with one attached hydrogen (secondary N) is 1. The molecule has 0 aliphatic rings. The van der Waals surface area contributed by atoms with Gasteiger partial charge in [-0.2, -0.15) is 5.10 Å². The van der Waals surface area contributed by atoms with Crippen LogP contribution in [0.4, 0.5) is 27.8 Å². The van der Waals surface area contributed by atoms with Crippen molar-refractivity contribution < 1.29 is 31.2 Å². The molecule has 3 rings (SSSR count). The van der Waals surface area contributed by atoms with Gasteiger partial charge < -0.3 is 9.73 Å². The number of hydrogen-bond acceptors (Lipinski definition) is 3. The van der Waals surface area contributed by atoms with Gasteiger partial charge in [0.2, 0.25) is 5.82 Å². The fourth-order valence-electron chi connectivity index (χ4n) is 2.05. The first-order chi connectivity index (χ1) is 11.9. The van der Waals surface area contributed by atoms with Crippen molar-refractivity contribution in [3.63, 3.8) is 0 Å². The van der Waals surface area contributed by atoms with E-state index in [1.54, 1.807) is 0 Å². The Morgan fingerprint density at radius 3 is 2.28 bits per heavy atom. The second-order valence-electron chi connectivity index (χ2n) is 4.88. The zero-order valence-electron chi connectivity index (χ0n) is 12.2. The summed E-state index contributed by atoms with van der Waals surface area (Å²) in [5, 5.41) is 6.14. The van der Waals surface area contributed by atoms with Crippen LogP contribution in [0.1, 0.15) is 16.1 Å². The van der Waals surface area contributed by atoms with Crippen LogP contribution in [0.25, 0.3) is 0 Å². The number of carbonyl (C=O) groups is 1. The van der Waals surface area contributed by atoms with E-state index < -0.39 is 47.1 Å². The molecule has 25 heavy (non-hydrogen) atoms. The van der Waals surface area contributed by atoms with Crippen LogP contribution in [0.3, 0.4) is 0 Å². The first-order valence-corrected chi connectivity index (χ1v) is 6.77. The van der Waals surface area contributed by atoms with Crippen molar-refractivity contribution in [1.29, 1.82) is 0 Å². The molecule has 10 heteroatoms. The molecule has 3 aromatic rings. The number of furan rings is 1. The van der Waals surface area contributed by atoms with Gasteiger partial charge in [0.15, 0.2) is 34.8 Å². The SMILES string of the molecule is O=C(Nc1ccn(Cc2c(F)c(F)c(F)c(F)c2F)n1)c1ccco1. The van der Waals surface area contributed by atoms with E-state index in [1.807, 2.05) is 0 Å². The van der Waals surface area contributed by atoms with Crippen molar-refractivity contribution >= 4 is 11.7 Å². The lowest BCUT2D eigenvalue weighted by Gasteiger charge is -2.08. The molecule has 0 spiro atoms. The van der Waals surface area contributed by atoms with Crippen LogP contribution < -0.4 is 5.32 Å². The minimum atomic E-state index is -2.23. The summed E-state index contributed by atoms with van der Waals surface area (Å²) in [6, 6.07) is 4.19. The number of anilines is 1. The summed E-state index contributed by atoms with van der Waals surface area (Å²) in [6.07, 6.45) is 2.49. The third-order valence-electron chi connectivity index (χ3n) is 3.25. The normalized spacial score (nSPS) is 10.9. The van der Waals surface area contributed by atoms with Gasteiger partial charge in [-0.15, -0.1) is 0 Å². The van der Waals surface area contributed by atoms with Gasteiger partial charge in [0.25, 0.3) is 5.91 Å². The molecule has 1 N–H and O–H groups in total. The van der Waals surface area contributed by atoms with Crippen molar-refractivity contribution in [2.75, 3.05) is 5.32 Å². The van der Waals surface area contributed by atoms with Gasteiger partial charge in [-0.25, -0.2) is 22.0 Å². The number of benzene rings is 1. The lowest BCUT2D eigenvalue weighted by atomic mass is 10.1. The number of aromatic nitrogens is 2. The maximum Gasteiger partial charge on any atom is 0.292 e. The molecule has 2 heterocycles. The standard InChI is InChI=1S/C15H8F5N3O2/c16-10-7(11(17)13(19)14(20)12(10)18)6-23-4-3-9(22-23)21-15(24)8-2-1-5-25-8/h1-5H,6H2,(H,21,22,24). The third-order valence-corrected chi connectivity index (χ3v) is 3.25. The maximum atomic E-state index is 13.6. The van der Waals surface area contributed by atoms with Gasteiger partial charge in [0.1, 0.15) is 0 Å². The molecular weight excluding hydrogens is 349 g/mol. The predicted molar refractivity (Wildman–Crippen MR) is 74.2 cm³/mol. The molecule has 0 aliphatic carbocycles. The van der Waals surface area contributed by atoms with Crippen LogP contribution in [-0.4, -0.2) is 15.7 Å². The zero-order valence-corrected chi connectivity index (χ0v) is 12.2. The summed E-state index contributed by atoms with van der Waals surface area (Å²) in [5.41, 5.74) is -1.04. The highest BCUT2D eigenvalue weighted by atomic mass is 19.2. The van der Waals surface area contributed by atoms with Gasteiger partial charge >= 0.3 is 0 Å². The minimum Gasteiger partial charge on any atom is -0.459 e. The molecule has 1 amide bonds. The second-order valence-corrected chi connectivity index (χ2v) is 4.88. The molecule has 0 bridgehead atoms. The van der Waals surface area contributed by atoms with Gasteiger partial charge in [0, 0.05) is 12.3 Å². The van der Waals surface area contributed by atoms with E-state index in [9.17, 15) is 26.7 Å². The van der Waals surface area contributed by atoms with Crippen molar-refractivity contribution in [3.05, 3.63) is 71.1 Å². The molecule has 5 nitrogen and oxygen atoms in total. The smallest absolute Gasteiger partial charge is 0.292 e. The van der Waals surface area contributed by atoms with E-state index in [2.05, 4.69) is 10.4 Å². The van der Waals surface area contributed by atoms with E-state index in [1.165, 1.54) is 30.7 Å². The monoisotopic (exact) mass is 357 g/mol. The summed E-state index contributed by atoms with van der Waals surface area (Å²) >= 11 is 0. The van der Waals surface area contributed by atoms with E-state index in [0.717, 1.165) is 4.68 Å². The highest BCUT2D eigenvalue weighted by Crippen LogP contribution is 2.23. The van der Waals surface area contributed by atoms with Crippen molar-refractivity contribution in [1.82, 2.24) is 9.78 Å². The van der Waals surface area contributed by atoms with Crippen molar-refractivity contribution in [2.24, 2.45) is 0 Å². The Bertz CT molecular complexity index is 908. The Labute approximate surface area is 136 Å². The molecule has 0 radical (unpaired) electrons. The molecule has 0 unspecified atom stereocenters. The number of hydrogen-bond donors (Lipinski definition) is 1. The Hall–Kier alpha value is -3.17. The number of nitrogens with zero attached hydrogens (tertiary/aromatic N) is 2. The molecule has 2 aromatic heterocycles. The Balaban J connectivity index is 1.82. The fraction of sp³-hybridized carbons (Fsp3) is 0.0667. The Morgan fingerprint density at radius 1 is 1.04 bits per heavy atom. The first-order valence-electron chi connectivity index (χ1n) is 6.77. The lowest BCUT2D eigenvalue weighted by Crippen LogP contribution is -2.13. The molecule has 1 aromatic carbocycles. The highest BCUT2D eigenvalue weighted by Gasteiger charge is 2.26. The summed E-state index contributed by atoms with van der Waals surface area (Å²) in [5.74, 6) is -10.8. The average Bonchev–Trinajstić information content (AvgIpc) is 3.27. The quantitative estimate of drug-likeness (QED) is 0.442. The molecule has 0 saturated carbocycles. The van der Waals surface area contributed by atoms with Gasteiger partial charge in [-0.1, -0.05) is 0 Å². The number of carbonyl (C=O) groups excluding carboxylic acids is 1. The molecular formula is C15H8F5N3O2. The van der Waals surface area contributed by atoms with Gasteiger partial charge in [-0.3, -0.25) is 9.48 Å². The maximum absolute atomic E-state index is 13.6. The van der Waals surface area contributed by atoms with E-state index in [4.69, 9.17) is 4.42 Å². The predicted octanol–water partition coefficient (Wildman–Crippen LogP) is 3.47. The fourth-order valence-corrected chi connectivity index (χ4v) is 2.05. The lowest BCUT2D eigenvalue weighted by molar-refractivity contribution is 0.0996. The van der Waals surface area contributed by atoms with Crippen LogP contribution in [0.2, 0.25) is 0 Å². The van der Waals surface area contributed by atoms with E-state index in [-0.39, 0.29) is 11.6 Å². The van der Waals surface area contributed by atoms with Crippen LogP contribution in [0.5, 0.6) is 0 Å². The van der Waals surface area contributed by atoms with E-state index in [0.29, 0.717) is 0 Å². The molecule has 0 aliphatic heterocycles. The minimum absolute atomic E-state index is 0.00488. The molecule has 0 saturated heterocycles. The van der Waals surface area contributed by atoms with Crippen LogP contribution >= 0.6 is 0 Å². The largest absolute Gasteiger partial charge is 0.459 e. The zero-order chi connectivity index (χ0) is 18.1. The number of amides is 1. The van der Waals surface area contributed by atoms with Crippen LogP contribution in [0, 0.1) is 29.1 Å². The van der Waals surface area contributed by atoms with Crippen LogP contribution in [-0.2, 0) is 6.54 Å². The molecule has 0 fully saturated rings. The molecule has 130 valence electrons. The number of halogens is 5. The van der Waals surface area contributed by atoms with Gasteiger partial charge in [0.05, 0.1) is 18.4 Å². The van der Waals surface area contributed by atoms with Gasteiger partial charge in [-0.05, 0) is 12.1 Å². The first kappa shape index (κ1) is 16.7. The average molecular weight is 357 g/mol. The molecule has 0 atom stereocenters. The third kappa shape index (κ3) is 3.10. The summed E-state index contributed by atoms with van der Waals surface area (Å²) in [7, 11) is 0. The van der Waals surface area contributed by atoms with E-state index >= 15 is 0 Å². The summed E-state index contributed by atoms with van der Waals surface area (Å²) < 4.78 is 72.5. The van der Waals surface area contributed by atoms with Crippen molar-refractivity contribution in [3.8, 4) is 0 Å². The summed E-state index contributed by atoms with van der Waals surface area (Å²) in [6.45, 7) is -0.720. The Morgan fingerprint density at radius 2 is 1.68 bits per heavy atom. The number of rotatable bonds is 4. The Kier molecular flexibility index (Phi) is 4.26. The second kappa shape index (κ2) is 6.38. The van der Waals surface area contributed by atoms with Crippen LogP contribution in [0.15, 0.2) is 35.1 Å². The summed E-state index contributed by atoms with van der Waals surface area (Å²) in [4.78, 5) is 11.8. The highest BCUT2D eigenvalue weighted by molar-refractivity contribution is 6.01. The topological polar surface area (TPSA) is 60.1 Å².